The first kappa shape index (κ1) is 21.3. The zero-order valence-electron chi connectivity index (χ0n) is 15.3. The van der Waals surface area contributed by atoms with Gasteiger partial charge in [0.25, 0.3) is 0 Å². The molecular formula is C19H28IN3O2. The molecule has 138 valence electrons. The average molecular weight is 457 g/mol. The second kappa shape index (κ2) is 11.0. The Kier molecular flexibility index (Phi) is 9.41. The lowest BCUT2D eigenvalue weighted by Crippen LogP contribution is -2.39. The van der Waals surface area contributed by atoms with Crippen LogP contribution < -0.4 is 15.4 Å². The van der Waals surface area contributed by atoms with Gasteiger partial charge < -0.3 is 19.8 Å². The molecule has 2 N–H and O–H groups in total. The number of aliphatic imine (C=N–C) groups is 1. The van der Waals surface area contributed by atoms with Crippen LogP contribution in [-0.4, -0.2) is 26.2 Å². The molecule has 1 aromatic heterocycles. The monoisotopic (exact) mass is 457 g/mol. The first-order valence-corrected chi connectivity index (χ1v) is 8.32. The molecule has 0 spiro atoms. The fourth-order valence-electron chi connectivity index (χ4n) is 2.34. The second-order valence-corrected chi connectivity index (χ2v) is 5.78. The number of hydrogen-bond acceptors (Lipinski definition) is 3. The number of hydrogen-bond donors (Lipinski definition) is 2. The number of aryl methyl sites for hydroxylation is 2. The molecule has 0 bridgehead atoms. The van der Waals surface area contributed by atoms with Crippen LogP contribution in [0.2, 0.25) is 0 Å². The number of ether oxygens (including phenoxy) is 1. The van der Waals surface area contributed by atoms with Crippen molar-refractivity contribution in [3.8, 4) is 5.75 Å². The number of para-hydroxylation sites is 1. The third kappa shape index (κ3) is 6.97. The van der Waals surface area contributed by atoms with Crippen molar-refractivity contribution in [3.05, 3.63) is 53.5 Å². The van der Waals surface area contributed by atoms with Crippen LogP contribution in [0.3, 0.4) is 0 Å². The van der Waals surface area contributed by atoms with Gasteiger partial charge in [-0.15, -0.1) is 24.0 Å². The molecule has 25 heavy (non-hydrogen) atoms. The maximum Gasteiger partial charge on any atom is 0.191 e. The highest BCUT2D eigenvalue weighted by molar-refractivity contribution is 14.0. The SMILES string of the molecule is CN=C(NCCCOc1ccccc1C)NC(C)c1ccc(C)o1.I. The summed E-state index contributed by atoms with van der Waals surface area (Å²) >= 11 is 0. The first-order chi connectivity index (χ1) is 11.6. The number of halogens is 1. The van der Waals surface area contributed by atoms with E-state index in [4.69, 9.17) is 9.15 Å². The molecule has 1 atom stereocenters. The normalized spacial score (nSPS) is 12.2. The summed E-state index contributed by atoms with van der Waals surface area (Å²) in [7, 11) is 1.76. The topological polar surface area (TPSA) is 58.8 Å². The molecule has 0 aliphatic rings. The molecule has 0 fully saturated rings. The molecule has 2 aromatic rings. The minimum absolute atomic E-state index is 0. The standard InChI is InChI=1S/C19H27N3O2.HI/c1-14-8-5-6-9-17(14)23-13-7-12-21-19(20-4)22-16(3)18-11-10-15(2)24-18;/h5-6,8-11,16H,7,12-13H2,1-4H3,(H2,20,21,22);1H. The second-order valence-electron chi connectivity index (χ2n) is 5.78. The van der Waals surface area contributed by atoms with E-state index in [1.807, 2.05) is 44.2 Å². The van der Waals surface area contributed by atoms with Crippen LogP contribution in [0.15, 0.2) is 45.8 Å². The van der Waals surface area contributed by atoms with Crippen molar-refractivity contribution in [1.29, 1.82) is 0 Å². The van der Waals surface area contributed by atoms with Gasteiger partial charge >= 0.3 is 0 Å². The Morgan fingerprint density at radius 2 is 1.96 bits per heavy atom. The van der Waals surface area contributed by atoms with Crippen molar-refractivity contribution in [3.63, 3.8) is 0 Å². The van der Waals surface area contributed by atoms with E-state index >= 15 is 0 Å². The van der Waals surface area contributed by atoms with Gasteiger partial charge in [0.1, 0.15) is 17.3 Å². The Hall–Kier alpha value is -1.70. The molecule has 0 aliphatic heterocycles. The van der Waals surface area contributed by atoms with Crippen LogP contribution >= 0.6 is 24.0 Å². The average Bonchev–Trinajstić information content (AvgIpc) is 3.01. The molecule has 0 radical (unpaired) electrons. The summed E-state index contributed by atoms with van der Waals surface area (Å²) < 4.78 is 11.4. The summed E-state index contributed by atoms with van der Waals surface area (Å²) in [5, 5.41) is 6.61. The van der Waals surface area contributed by atoms with E-state index in [9.17, 15) is 0 Å². The molecule has 0 saturated carbocycles. The van der Waals surface area contributed by atoms with Gasteiger partial charge in [-0.3, -0.25) is 4.99 Å². The Bertz CT molecular complexity index is 670. The van der Waals surface area contributed by atoms with Gasteiger partial charge in [0.05, 0.1) is 12.6 Å². The van der Waals surface area contributed by atoms with Crippen molar-refractivity contribution in [2.24, 2.45) is 4.99 Å². The quantitative estimate of drug-likeness (QED) is 0.283. The lowest BCUT2D eigenvalue weighted by atomic mass is 10.2. The third-order valence-electron chi connectivity index (χ3n) is 3.73. The molecule has 0 saturated heterocycles. The largest absolute Gasteiger partial charge is 0.493 e. The molecule has 0 amide bonds. The van der Waals surface area contributed by atoms with Crippen molar-refractivity contribution >= 4 is 29.9 Å². The number of benzene rings is 1. The van der Waals surface area contributed by atoms with E-state index in [0.717, 1.165) is 41.8 Å². The van der Waals surface area contributed by atoms with E-state index in [1.54, 1.807) is 7.05 Å². The smallest absolute Gasteiger partial charge is 0.191 e. The lowest BCUT2D eigenvalue weighted by molar-refractivity contribution is 0.309. The van der Waals surface area contributed by atoms with E-state index in [1.165, 1.54) is 0 Å². The molecule has 1 aromatic carbocycles. The van der Waals surface area contributed by atoms with E-state index in [0.29, 0.717) is 6.61 Å². The highest BCUT2D eigenvalue weighted by Gasteiger charge is 2.10. The molecule has 2 rings (SSSR count). The molecule has 6 heteroatoms. The highest BCUT2D eigenvalue weighted by atomic mass is 127. The van der Waals surface area contributed by atoms with E-state index in [-0.39, 0.29) is 30.0 Å². The fourth-order valence-corrected chi connectivity index (χ4v) is 2.34. The Morgan fingerprint density at radius 3 is 2.60 bits per heavy atom. The number of guanidine groups is 1. The predicted octanol–water partition coefficient (Wildman–Crippen LogP) is 4.21. The zero-order valence-corrected chi connectivity index (χ0v) is 17.7. The molecular weight excluding hydrogens is 429 g/mol. The lowest BCUT2D eigenvalue weighted by Gasteiger charge is -2.16. The van der Waals surface area contributed by atoms with Crippen molar-refractivity contribution < 1.29 is 9.15 Å². The highest BCUT2D eigenvalue weighted by Crippen LogP contribution is 2.16. The van der Waals surface area contributed by atoms with Crippen LogP contribution in [0, 0.1) is 13.8 Å². The van der Waals surface area contributed by atoms with Gasteiger partial charge in [0.15, 0.2) is 5.96 Å². The molecule has 5 nitrogen and oxygen atoms in total. The first-order valence-electron chi connectivity index (χ1n) is 8.32. The van der Waals surface area contributed by atoms with Crippen molar-refractivity contribution in [2.45, 2.75) is 33.2 Å². The maximum atomic E-state index is 5.79. The van der Waals surface area contributed by atoms with Gasteiger partial charge in [-0.2, -0.15) is 0 Å². The number of nitrogens with zero attached hydrogens (tertiary/aromatic N) is 1. The summed E-state index contributed by atoms with van der Waals surface area (Å²) in [5.41, 5.74) is 1.16. The van der Waals surface area contributed by atoms with Crippen LogP contribution in [0.25, 0.3) is 0 Å². The number of furan rings is 1. The van der Waals surface area contributed by atoms with Crippen molar-refractivity contribution in [2.75, 3.05) is 20.2 Å². The molecule has 1 unspecified atom stereocenters. The molecule has 1 heterocycles. The number of rotatable bonds is 7. The van der Waals surface area contributed by atoms with Crippen LogP contribution in [0.4, 0.5) is 0 Å². The van der Waals surface area contributed by atoms with Gasteiger partial charge in [0, 0.05) is 13.6 Å². The van der Waals surface area contributed by atoms with Gasteiger partial charge in [-0.25, -0.2) is 0 Å². The summed E-state index contributed by atoms with van der Waals surface area (Å²) in [6, 6.07) is 12.1. The third-order valence-corrected chi connectivity index (χ3v) is 3.73. The Morgan fingerprint density at radius 1 is 1.20 bits per heavy atom. The Balaban J connectivity index is 0.00000312. The summed E-state index contributed by atoms with van der Waals surface area (Å²) in [4.78, 5) is 4.24. The predicted molar refractivity (Wildman–Crippen MR) is 113 cm³/mol. The van der Waals surface area contributed by atoms with Gasteiger partial charge in [-0.05, 0) is 51.0 Å². The van der Waals surface area contributed by atoms with Crippen molar-refractivity contribution in [1.82, 2.24) is 10.6 Å². The maximum absolute atomic E-state index is 5.79. The van der Waals surface area contributed by atoms with Crippen LogP contribution in [0.5, 0.6) is 5.75 Å². The summed E-state index contributed by atoms with van der Waals surface area (Å²) in [6.07, 6.45) is 0.892. The minimum atomic E-state index is 0. The summed E-state index contributed by atoms with van der Waals surface area (Å²) in [5.74, 6) is 3.52. The molecule has 0 aliphatic carbocycles. The van der Waals surface area contributed by atoms with E-state index in [2.05, 4.69) is 28.6 Å². The minimum Gasteiger partial charge on any atom is -0.493 e. The van der Waals surface area contributed by atoms with Crippen LogP contribution in [0.1, 0.15) is 36.5 Å². The Labute approximate surface area is 167 Å². The summed E-state index contributed by atoms with van der Waals surface area (Å²) in [6.45, 7) is 7.50. The fraction of sp³-hybridized carbons (Fsp3) is 0.421. The number of nitrogens with one attached hydrogen (secondary N) is 2. The van der Waals surface area contributed by atoms with Crippen LogP contribution in [-0.2, 0) is 0 Å². The van der Waals surface area contributed by atoms with E-state index < -0.39 is 0 Å². The van der Waals surface area contributed by atoms with Gasteiger partial charge in [0.2, 0.25) is 0 Å². The zero-order chi connectivity index (χ0) is 17.4. The van der Waals surface area contributed by atoms with Gasteiger partial charge in [-0.1, -0.05) is 18.2 Å².